The maximum Gasteiger partial charge on any atom is 0.251 e. The van der Waals surface area contributed by atoms with Crippen molar-refractivity contribution in [2.45, 2.75) is 13.5 Å². The summed E-state index contributed by atoms with van der Waals surface area (Å²) in [6.45, 7) is 3.20. The molecule has 0 fully saturated rings. The number of hydrogen-bond donors (Lipinski definition) is 3. The Hall–Kier alpha value is -2.37. The predicted molar refractivity (Wildman–Crippen MR) is 68.2 cm³/mol. The van der Waals surface area contributed by atoms with Gasteiger partial charge in [0.25, 0.3) is 5.91 Å². The SMILES string of the molecule is CCNc1cc(C(=O)NCc2cn[nH]c2)ccn1. The summed E-state index contributed by atoms with van der Waals surface area (Å²) >= 11 is 0. The lowest BCUT2D eigenvalue weighted by Crippen LogP contribution is -2.22. The van der Waals surface area contributed by atoms with Gasteiger partial charge in [0, 0.05) is 36.6 Å². The minimum Gasteiger partial charge on any atom is -0.370 e. The number of amides is 1. The number of hydrogen-bond acceptors (Lipinski definition) is 4. The van der Waals surface area contributed by atoms with Crippen LogP contribution in [-0.4, -0.2) is 27.6 Å². The van der Waals surface area contributed by atoms with Crippen LogP contribution in [-0.2, 0) is 6.54 Å². The molecule has 2 rings (SSSR count). The molecule has 0 aromatic carbocycles. The zero-order chi connectivity index (χ0) is 12.8. The molecule has 2 heterocycles. The Kier molecular flexibility index (Phi) is 3.90. The van der Waals surface area contributed by atoms with Crippen molar-refractivity contribution >= 4 is 11.7 Å². The number of nitrogens with one attached hydrogen (secondary N) is 3. The first-order chi connectivity index (χ1) is 8.79. The predicted octanol–water partition coefficient (Wildman–Crippen LogP) is 1.17. The third kappa shape index (κ3) is 3.07. The number of pyridine rings is 1. The van der Waals surface area contributed by atoms with Gasteiger partial charge < -0.3 is 10.6 Å². The number of aromatic amines is 1. The maximum atomic E-state index is 11.9. The van der Waals surface area contributed by atoms with Crippen LogP contribution in [0.2, 0.25) is 0 Å². The molecule has 2 aromatic heterocycles. The second-order valence-electron chi connectivity index (χ2n) is 3.75. The second kappa shape index (κ2) is 5.81. The summed E-state index contributed by atoms with van der Waals surface area (Å²) < 4.78 is 0. The summed E-state index contributed by atoms with van der Waals surface area (Å²) in [6.07, 6.45) is 5.04. The zero-order valence-electron chi connectivity index (χ0n) is 10.1. The molecule has 0 saturated carbocycles. The number of carbonyl (C=O) groups excluding carboxylic acids is 1. The van der Waals surface area contributed by atoms with Gasteiger partial charge in [0.2, 0.25) is 0 Å². The van der Waals surface area contributed by atoms with Gasteiger partial charge in [-0.1, -0.05) is 0 Å². The van der Waals surface area contributed by atoms with Crippen molar-refractivity contribution in [2.75, 3.05) is 11.9 Å². The van der Waals surface area contributed by atoms with Gasteiger partial charge in [-0.3, -0.25) is 9.89 Å². The molecule has 6 heteroatoms. The van der Waals surface area contributed by atoms with Gasteiger partial charge >= 0.3 is 0 Å². The van der Waals surface area contributed by atoms with Crippen molar-refractivity contribution in [3.63, 3.8) is 0 Å². The fourth-order valence-corrected chi connectivity index (χ4v) is 1.51. The highest BCUT2D eigenvalue weighted by molar-refractivity contribution is 5.94. The van der Waals surface area contributed by atoms with Crippen molar-refractivity contribution in [1.29, 1.82) is 0 Å². The van der Waals surface area contributed by atoms with E-state index >= 15 is 0 Å². The van der Waals surface area contributed by atoms with Gasteiger partial charge in [0.15, 0.2) is 0 Å². The Balaban J connectivity index is 1.97. The molecule has 0 aliphatic rings. The highest BCUT2D eigenvalue weighted by atomic mass is 16.1. The lowest BCUT2D eigenvalue weighted by molar-refractivity contribution is 0.0951. The van der Waals surface area contributed by atoms with E-state index in [2.05, 4.69) is 25.8 Å². The molecule has 6 nitrogen and oxygen atoms in total. The van der Waals surface area contributed by atoms with Crippen LogP contribution in [0.25, 0.3) is 0 Å². The maximum absolute atomic E-state index is 11.9. The number of H-pyrrole nitrogens is 1. The highest BCUT2D eigenvalue weighted by Gasteiger charge is 2.06. The van der Waals surface area contributed by atoms with Gasteiger partial charge in [0.05, 0.1) is 6.20 Å². The van der Waals surface area contributed by atoms with E-state index in [1.165, 1.54) is 0 Å². The Morgan fingerprint density at radius 1 is 1.50 bits per heavy atom. The molecule has 0 bridgehead atoms. The topological polar surface area (TPSA) is 82.7 Å². The van der Waals surface area contributed by atoms with E-state index < -0.39 is 0 Å². The van der Waals surface area contributed by atoms with Crippen molar-refractivity contribution in [1.82, 2.24) is 20.5 Å². The summed E-state index contributed by atoms with van der Waals surface area (Å²) in [4.78, 5) is 16.0. The molecular formula is C12H15N5O. The molecule has 3 N–H and O–H groups in total. The summed E-state index contributed by atoms with van der Waals surface area (Å²) in [5, 5.41) is 12.4. The van der Waals surface area contributed by atoms with Gasteiger partial charge in [-0.2, -0.15) is 5.10 Å². The first-order valence-corrected chi connectivity index (χ1v) is 5.75. The van der Waals surface area contributed by atoms with Crippen molar-refractivity contribution < 1.29 is 4.79 Å². The van der Waals surface area contributed by atoms with Crippen LogP contribution >= 0.6 is 0 Å². The second-order valence-corrected chi connectivity index (χ2v) is 3.75. The lowest BCUT2D eigenvalue weighted by Gasteiger charge is -2.06. The van der Waals surface area contributed by atoms with Crippen LogP contribution in [0, 0.1) is 0 Å². The third-order valence-electron chi connectivity index (χ3n) is 2.39. The monoisotopic (exact) mass is 245 g/mol. The van der Waals surface area contributed by atoms with Crippen LogP contribution in [0.15, 0.2) is 30.7 Å². The van der Waals surface area contributed by atoms with Crippen molar-refractivity contribution in [3.8, 4) is 0 Å². The third-order valence-corrected chi connectivity index (χ3v) is 2.39. The largest absolute Gasteiger partial charge is 0.370 e. The van der Waals surface area contributed by atoms with Gasteiger partial charge in [0.1, 0.15) is 5.82 Å². The van der Waals surface area contributed by atoms with Crippen LogP contribution in [0.5, 0.6) is 0 Å². The minimum atomic E-state index is -0.127. The molecule has 2 aromatic rings. The Morgan fingerprint density at radius 3 is 3.11 bits per heavy atom. The van der Waals surface area contributed by atoms with Gasteiger partial charge in [-0.25, -0.2) is 4.98 Å². The summed E-state index contributed by atoms with van der Waals surface area (Å²) in [5.41, 5.74) is 1.52. The van der Waals surface area contributed by atoms with Crippen LogP contribution in [0.4, 0.5) is 5.82 Å². The first-order valence-electron chi connectivity index (χ1n) is 5.75. The number of aromatic nitrogens is 3. The van der Waals surface area contributed by atoms with E-state index in [9.17, 15) is 4.79 Å². The van der Waals surface area contributed by atoms with Gasteiger partial charge in [-0.15, -0.1) is 0 Å². The molecule has 94 valence electrons. The number of carbonyl (C=O) groups is 1. The van der Waals surface area contributed by atoms with Crippen molar-refractivity contribution in [3.05, 3.63) is 41.9 Å². The van der Waals surface area contributed by atoms with E-state index in [4.69, 9.17) is 0 Å². The summed E-state index contributed by atoms with van der Waals surface area (Å²) in [5.74, 6) is 0.575. The molecule has 0 aliphatic heterocycles. The van der Waals surface area contributed by atoms with Crippen LogP contribution in [0.1, 0.15) is 22.8 Å². The smallest absolute Gasteiger partial charge is 0.251 e. The van der Waals surface area contributed by atoms with E-state index in [1.807, 2.05) is 6.92 Å². The normalized spacial score (nSPS) is 10.1. The molecule has 0 atom stereocenters. The molecule has 1 amide bonds. The average molecular weight is 245 g/mol. The van der Waals surface area contributed by atoms with Crippen molar-refractivity contribution in [2.24, 2.45) is 0 Å². The number of nitrogens with zero attached hydrogens (tertiary/aromatic N) is 2. The molecule has 0 unspecified atom stereocenters. The van der Waals surface area contributed by atoms with Gasteiger partial charge in [-0.05, 0) is 19.1 Å². The average Bonchev–Trinajstić information content (AvgIpc) is 2.90. The molecule has 0 aliphatic carbocycles. The molecular weight excluding hydrogens is 230 g/mol. The highest BCUT2D eigenvalue weighted by Crippen LogP contribution is 2.06. The molecule has 0 spiro atoms. The van der Waals surface area contributed by atoms with E-state index in [0.717, 1.165) is 12.1 Å². The van der Waals surface area contributed by atoms with Crippen LogP contribution < -0.4 is 10.6 Å². The Morgan fingerprint density at radius 2 is 2.39 bits per heavy atom. The fourth-order valence-electron chi connectivity index (χ4n) is 1.51. The van der Waals surface area contributed by atoms with E-state index in [1.54, 1.807) is 30.7 Å². The van der Waals surface area contributed by atoms with E-state index in [-0.39, 0.29) is 5.91 Å². The molecule has 0 radical (unpaired) electrons. The minimum absolute atomic E-state index is 0.127. The van der Waals surface area contributed by atoms with Crippen LogP contribution in [0.3, 0.4) is 0 Å². The molecule has 0 saturated heterocycles. The summed E-state index contributed by atoms with van der Waals surface area (Å²) in [7, 11) is 0. The standard InChI is InChI=1S/C12H15N5O/c1-2-13-11-5-10(3-4-14-11)12(18)15-6-9-7-16-17-8-9/h3-5,7-8H,2,6H2,1H3,(H,13,14)(H,15,18)(H,16,17). The molecule has 18 heavy (non-hydrogen) atoms. The zero-order valence-corrected chi connectivity index (χ0v) is 10.1. The quantitative estimate of drug-likeness (QED) is 0.738. The lowest BCUT2D eigenvalue weighted by atomic mass is 10.2. The summed E-state index contributed by atoms with van der Waals surface area (Å²) in [6, 6.07) is 3.42. The first kappa shape index (κ1) is 12.1. The van der Waals surface area contributed by atoms with E-state index in [0.29, 0.717) is 17.9 Å². The Bertz CT molecular complexity index is 509. The Labute approximate surface area is 105 Å². The number of rotatable bonds is 5. The number of anilines is 1. The fraction of sp³-hybridized carbons (Fsp3) is 0.250.